The Hall–Kier alpha value is -1.91. The highest BCUT2D eigenvalue weighted by Gasteiger charge is 2.30. The summed E-state index contributed by atoms with van der Waals surface area (Å²) in [7, 11) is 0. The van der Waals surface area contributed by atoms with Gasteiger partial charge >= 0.3 is 5.97 Å². The van der Waals surface area contributed by atoms with Gasteiger partial charge in [0.05, 0.1) is 5.56 Å². The van der Waals surface area contributed by atoms with Crippen molar-refractivity contribution in [1.82, 2.24) is 5.32 Å². The maximum absolute atomic E-state index is 13.1. The van der Waals surface area contributed by atoms with Crippen molar-refractivity contribution in [1.29, 1.82) is 0 Å². The lowest BCUT2D eigenvalue weighted by molar-refractivity contribution is -0.130. The Morgan fingerprint density at radius 3 is 2.74 bits per heavy atom. The normalized spacial score (nSPS) is 25.5. The molecule has 0 unspecified atom stereocenters. The number of nitrogens with one attached hydrogen (secondary N) is 1. The second kappa shape index (κ2) is 7.57. The molecule has 0 saturated heterocycles. The van der Waals surface area contributed by atoms with E-state index in [1.165, 1.54) is 31.5 Å². The molecule has 1 fully saturated rings. The van der Waals surface area contributed by atoms with Crippen LogP contribution >= 0.6 is 0 Å². The predicted molar refractivity (Wildman–Crippen MR) is 85.4 cm³/mol. The predicted octanol–water partition coefficient (Wildman–Crippen LogP) is 3.31. The van der Waals surface area contributed by atoms with Crippen molar-refractivity contribution < 1.29 is 18.7 Å². The van der Waals surface area contributed by atoms with E-state index in [0.717, 1.165) is 18.9 Å². The maximum atomic E-state index is 13.1. The van der Waals surface area contributed by atoms with Gasteiger partial charge in [-0.05, 0) is 43.4 Å². The van der Waals surface area contributed by atoms with Crippen LogP contribution in [0.3, 0.4) is 0 Å². The first-order valence-corrected chi connectivity index (χ1v) is 8.15. The van der Waals surface area contributed by atoms with Gasteiger partial charge in [-0.25, -0.2) is 9.18 Å². The molecule has 0 bridgehead atoms. The Morgan fingerprint density at radius 1 is 1.30 bits per heavy atom. The van der Waals surface area contributed by atoms with Crippen LogP contribution in [0.4, 0.5) is 4.39 Å². The van der Waals surface area contributed by atoms with E-state index < -0.39 is 17.9 Å². The van der Waals surface area contributed by atoms with Crippen LogP contribution in [0.25, 0.3) is 0 Å². The largest absolute Gasteiger partial charge is 0.449 e. The molecule has 1 aliphatic rings. The number of amides is 1. The molecule has 0 aliphatic heterocycles. The number of halogens is 1. The first-order valence-electron chi connectivity index (χ1n) is 8.15. The first-order chi connectivity index (χ1) is 10.9. The van der Waals surface area contributed by atoms with Gasteiger partial charge in [-0.3, -0.25) is 4.79 Å². The molecule has 1 aromatic rings. The van der Waals surface area contributed by atoms with Crippen LogP contribution in [0.15, 0.2) is 24.3 Å². The number of hydrogen-bond acceptors (Lipinski definition) is 3. The molecule has 1 aliphatic carbocycles. The summed E-state index contributed by atoms with van der Waals surface area (Å²) >= 11 is 0. The molecule has 0 aromatic heterocycles. The van der Waals surface area contributed by atoms with Gasteiger partial charge in [-0.15, -0.1) is 0 Å². The molecule has 0 radical (unpaired) electrons. The van der Waals surface area contributed by atoms with Gasteiger partial charge in [0, 0.05) is 6.04 Å². The SMILES string of the molecule is C[C@@H]1[C@@H](C)CCC[C@H]1NC(=O)[C@@H](C)OC(=O)c1cccc(F)c1. The van der Waals surface area contributed by atoms with Gasteiger partial charge in [-0.2, -0.15) is 0 Å². The fraction of sp³-hybridized carbons (Fsp3) is 0.556. The standard InChI is InChI=1S/C18H24FNO3/c1-11-6-4-9-16(12(11)2)20-17(21)13(3)23-18(22)14-7-5-8-15(19)10-14/h5,7-8,10-13,16H,4,6,9H2,1-3H3,(H,20,21)/t11-,12+,13+,16+/m0/s1. The average molecular weight is 321 g/mol. The molecule has 1 aromatic carbocycles. The van der Waals surface area contributed by atoms with Gasteiger partial charge in [-0.1, -0.05) is 32.8 Å². The molecule has 1 saturated carbocycles. The van der Waals surface area contributed by atoms with Crippen LogP contribution in [0.2, 0.25) is 0 Å². The minimum absolute atomic E-state index is 0.101. The number of esters is 1. The third-order valence-corrected chi connectivity index (χ3v) is 4.75. The molecule has 126 valence electrons. The van der Waals surface area contributed by atoms with Crippen LogP contribution in [-0.2, 0) is 9.53 Å². The summed E-state index contributed by atoms with van der Waals surface area (Å²) in [6.07, 6.45) is 2.31. The lowest BCUT2D eigenvalue weighted by Gasteiger charge is -2.35. The van der Waals surface area contributed by atoms with E-state index in [1.807, 2.05) is 0 Å². The van der Waals surface area contributed by atoms with Crippen molar-refractivity contribution in [2.24, 2.45) is 11.8 Å². The van der Waals surface area contributed by atoms with Gasteiger partial charge in [0.2, 0.25) is 0 Å². The average Bonchev–Trinajstić information content (AvgIpc) is 2.51. The third kappa shape index (κ3) is 4.53. The number of carbonyl (C=O) groups is 2. The maximum Gasteiger partial charge on any atom is 0.339 e. The summed E-state index contributed by atoms with van der Waals surface area (Å²) in [6, 6.07) is 5.35. The van der Waals surface area contributed by atoms with E-state index in [-0.39, 0.29) is 17.5 Å². The van der Waals surface area contributed by atoms with E-state index in [9.17, 15) is 14.0 Å². The summed E-state index contributed by atoms with van der Waals surface area (Å²) in [5.41, 5.74) is 0.101. The molecular weight excluding hydrogens is 297 g/mol. The van der Waals surface area contributed by atoms with Crippen molar-refractivity contribution in [2.75, 3.05) is 0 Å². The lowest BCUT2D eigenvalue weighted by Crippen LogP contribution is -2.47. The number of hydrogen-bond donors (Lipinski definition) is 1. The van der Waals surface area contributed by atoms with Gasteiger partial charge < -0.3 is 10.1 Å². The summed E-state index contributed by atoms with van der Waals surface area (Å²) in [6.45, 7) is 5.86. The first kappa shape index (κ1) is 17.4. The zero-order chi connectivity index (χ0) is 17.0. The highest BCUT2D eigenvalue weighted by Crippen LogP contribution is 2.29. The molecule has 4 atom stereocenters. The minimum atomic E-state index is -0.907. The third-order valence-electron chi connectivity index (χ3n) is 4.75. The molecule has 2 rings (SSSR count). The highest BCUT2D eigenvalue weighted by atomic mass is 19.1. The molecule has 0 spiro atoms. The van der Waals surface area contributed by atoms with Crippen molar-refractivity contribution in [3.8, 4) is 0 Å². The van der Waals surface area contributed by atoms with E-state index in [2.05, 4.69) is 19.2 Å². The van der Waals surface area contributed by atoms with Crippen LogP contribution in [0, 0.1) is 17.7 Å². The zero-order valence-electron chi connectivity index (χ0n) is 13.8. The molecule has 4 nitrogen and oxygen atoms in total. The summed E-state index contributed by atoms with van der Waals surface area (Å²) in [5, 5.41) is 2.98. The number of benzene rings is 1. The smallest absolute Gasteiger partial charge is 0.339 e. The second-order valence-electron chi connectivity index (χ2n) is 6.44. The van der Waals surface area contributed by atoms with E-state index in [4.69, 9.17) is 4.74 Å². The Bertz CT molecular complexity index is 575. The van der Waals surface area contributed by atoms with Crippen molar-refractivity contribution >= 4 is 11.9 Å². The monoisotopic (exact) mass is 321 g/mol. The van der Waals surface area contributed by atoms with E-state index in [1.54, 1.807) is 0 Å². The molecular formula is C18H24FNO3. The van der Waals surface area contributed by atoms with Crippen LogP contribution in [0.1, 0.15) is 50.4 Å². The van der Waals surface area contributed by atoms with Crippen LogP contribution < -0.4 is 5.32 Å². The molecule has 23 heavy (non-hydrogen) atoms. The van der Waals surface area contributed by atoms with E-state index in [0.29, 0.717) is 11.8 Å². The zero-order valence-corrected chi connectivity index (χ0v) is 13.8. The van der Waals surface area contributed by atoms with Crippen LogP contribution in [-0.4, -0.2) is 24.0 Å². The number of carbonyl (C=O) groups excluding carboxylic acids is 2. The number of ether oxygens (including phenoxy) is 1. The van der Waals surface area contributed by atoms with Crippen molar-refractivity contribution in [2.45, 2.75) is 52.2 Å². The summed E-state index contributed by atoms with van der Waals surface area (Å²) in [5.74, 6) is -0.544. The molecule has 1 amide bonds. The Kier molecular flexibility index (Phi) is 5.74. The van der Waals surface area contributed by atoms with Crippen molar-refractivity contribution in [3.05, 3.63) is 35.6 Å². The molecule has 1 N–H and O–H groups in total. The van der Waals surface area contributed by atoms with Crippen LogP contribution in [0.5, 0.6) is 0 Å². The summed E-state index contributed by atoms with van der Waals surface area (Å²) < 4.78 is 18.3. The number of rotatable bonds is 4. The summed E-state index contributed by atoms with van der Waals surface area (Å²) in [4.78, 5) is 24.2. The topological polar surface area (TPSA) is 55.4 Å². The van der Waals surface area contributed by atoms with Gasteiger partial charge in [0.15, 0.2) is 6.10 Å². The molecule has 0 heterocycles. The fourth-order valence-corrected chi connectivity index (χ4v) is 2.98. The minimum Gasteiger partial charge on any atom is -0.449 e. The van der Waals surface area contributed by atoms with Gasteiger partial charge in [0.25, 0.3) is 5.91 Å². The second-order valence-corrected chi connectivity index (χ2v) is 6.44. The Morgan fingerprint density at radius 2 is 2.04 bits per heavy atom. The molecule has 5 heteroatoms. The quantitative estimate of drug-likeness (QED) is 0.866. The fourth-order valence-electron chi connectivity index (χ4n) is 2.98. The highest BCUT2D eigenvalue weighted by molar-refractivity contribution is 5.92. The van der Waals surface area contributed by atoms with Gasteiger partial charge in [0.1, 0.15) is 5.82 Å². The Balaban J connectivity index is 1.91. The van der Waals surface area contributed by atoms with Crippen molar-refractivity contribution in [3.63, 3.8) is 0 Å². The Labute approximate surface area is 136 Å². The lowest BCUT2D eigenvalue weighted by atomic mass is 9.78. The van der Waals surface area contributed by atoms with E-state index >= 15 is 0 Å².